The number of nitrogens with zero attached hydrogens (tertiary/aromatic N) is 2. The summed E-state index contributed by atoms with van der Waals surface area (Å²) in [5.41, 5.74) is 3.31. The van der Waals surface area contributed by atoms with E-state index in [1.165, 1.54) is 12.1 Å². The lowest BCUT2D eigenvalue weighted by Crippen LogP contribution is -2.01. The lowest BCUT2D eigenvalue weighted by molar-refractivity contribution is 0.0697. The van der Waals surface area contributed by atoms with Gasteiger partial charge in [0.25, 0.3) is 0 Å². The first kappa shape index (κ1) is 11.7. The second-order valence-electron chi connectivity index (χ2n) is 4.80. The summed E-state index contributed by atoms with van der Waals surface area (Å²) in [5, 5.41) is 9.02. The molecule has 2 aromatic carbocycles. The predicted octanol–water partition coefficient (Wildman–Crippen LogP) is 2.54. The minimum Gasteiger partial charge on any atom is -0.478 e. The van der Waals surface area contributed by atoms with Crippen LogP contribution >= 0.6 is 0 Å². The topological polar surface area (TPSA) is 80.2 Å². The van der Waals surface area contributed by atoms with E-state index in [9.17, 15) is 9.59 Å². The van der Waals surface area contributed by atoms with E-state index in [2.05, 4.69) is 9.97 Å². The SMILES string of the molecule is O=C(O)c1ccc2nc3c(nc2c1)C(=O)c1ccccc1-3. The first-order valence-corrected chi connectivity index (χ1v) is 6.34. The highest BCUT2D eigenvalue weighted by molar-refractivity contribution is 6.20. The summed E-state index contributed by atoms with van der Waals surface area (Å²) < 4.78 is 0. The fourth-order valence-electron chi connectivity index (χ4n) is 2.55. The molecule has 5 heteroatoms. The van der Waals surface area contributed by atoms with Crippen molar-refractivity contribution in [2.24, 2.45) is 0 Å². The number of rotatable bonds is 1. The van der Waals surface area contributed by atoms with Gasteiger partial charge in [0.1, 0.15) is 11.4 Å². The van der Waals surface area contributed by atoms with Crippen LogP contribution in [0.4, 0.5) is 0 Å². The summed E-state index contributed by atoms with van der Waals surface area (Å²) >= 11 is 0. The second-order valence-corrected chi connectivity index (χ2v) is 4.80. The Labute approximate surface area is 118 Å². The van der Waals surface area contributed by atoms with Gasteiger partial charge in [0, 0.05) is 11.1 Å². The van der Waals surface area contributed by atoms with E-state index >= 15 is 0 Å². The van der Waals surface area contributed by atoms with Crippen LogP contribution in [0, 0.1) is 0 Å². The smallest absolute Gasteiger partial charge is 0.335 e. The van der Waals surface area contributed by atoms with E-state index < -0.39 is 5.97 Å². The highest BCUT2D eigenvalue weighted by Gasteiger charge is 2.29. The van der Waals surface area contributed by atoms with Crippen molar-refractivity contribution in [3.05, 3.63) is 59.3 Å². The van der Waals surface area contributed by atoms with Crippen LogP contribution < -0.4 is 0 Å². The molecule has 1 heterocycles. The van der Waals surface area contributed by atoms with Crippen molar-refractivity contribution < 1.29 is 14.7 Å². The van der Waals surface area contributed by atoms with Gasteiger partial charge in [-0.05, 0) is 18.2 Å². The number of ketones is 1. The minimum absolute atomic E-state index is 0.125. The summed E-state index contributed by atoms with van der Waals surface area (Å²) in [7, 11) is 0. The molecular formula is C16H8N2O3. The monoisotopic (exact) mass is 276 g/mol. The van der Waals surface area contributed by atoms with Crippen LogP contribution in [0.25, 0.3) is 22.3 Å². The van der Waals surface area contributed by atoms with Gasteiger partial charge in [0.2, 0.25) is 5.78 Å². The maximum absolute atomic E-state index is 12.3. The van der Waals surface area contributed by atoms with Gasteiger partial charge in [-0.2, -0.15) is 0 Å². The van der Waals surface area contributed by atoms with Gasteiger partial charge in [-0.3, -0.25) is 4.79 Å². The zero-order chi connectivity index (χ0) is 14.6. The molecule has 1 N–H and O–H groups in total. The summed E-state index contributed by atoms with van der Waals surface area (Å²) in [6.45, 7) is 0. The van der Waals surface area contributed by atoms with Crippen LogP contribution in [0.3, 0.4) is 0 Å². The van der Waals surface area contributed by atoms with Gasteiger partial charge in [-0.25, -0.2) is 14.8 Å². The fraction of sp³-hybridized carbons (Fsp3) is 0. The molecule has 1 aromatic heterocycles. The Bertz CT molecular complexity index is 947. The Morgan fingerprint density at radius 1 is 0.905 bits per heavy atom. The number of carboxylic acids is 1. The number of carbonyl (C=O) groups excluding carboxylic acids is 1. The first-order chi connectivity index (χ1) is 10.1. The van der Waals surface area contributed by atoms with Gasteiger partial charge in [-0.15, -0.1) is 0 Å². The summed E-state index contributed by atoms with van der Waals surface area (Å²) in [6, 6.07) is 11.7. The Morgan fingerprint density at radius 3 is 2.38 bits per heavy atom. The van der Waals surface area contributed by atoms with Gasteiger partial charge in [0.05, 0.1) is 16.6 Å². The summed E-state index contributed by atoms with van der Waals surface area (Å²) in [4.78, 5) is 32.1. The normalized spacial score (nSPS) is 12.3. The van der Waals surface area contributed by atoms with Gasteiger partial charge < -0.3 is 5.11 Å². The molecule has 4 rings (SSSR count). The van der Waals surface area contributed by atoms with E-state index in [0.717, 1.165) is 5.56 Å². The molecule has 0 unspecified atom stereocenters. The molecule has 0 amide bonds. The van der Waals surface area contributed by atoms with E-state index in [-0.39, 0.29) is 17.0 Å². The Hall–Kier alpha value is -3.08. The Balaban J connectivity index is 2.03. The largest absolute Gasteiger partial charge is 0.478 e. The van der Waals surface area contributed by atoms with Crippen molar-refractivity contribution in [2.45, 2.75) is 0 Å². The van der Waals surface area contributed by atoms with Gasteiger partial charge >= 0.3 is 5.97 Å². The number of hydrogen-bond acceptors (Lipinski definition) is 4. The molecule has 0 saturated heterocycles. The van der Waals surface area contributed by atoms with Crippen molar-refractivity contribution in [1.29, 1.82) is 0 Å². The molecular weight excluding hydrogens is 268 g/mol. The lowest BCUT2D eigenvalue weighted by Gasteiger charge is -2.02. The highest BCUT2D eigenvalue weighted by atomic mass is 16.4. The van der Waals surface area contributed by atoms with Crippen molar-refractivity contribution in [3.8, 4) is 11.3 Å². The lowest BCUT2D eigenvalue weighted by atomic mass is 10.1. The van der Waals surface area contributed by atoms with Crippen LogP contribution in [-0.2, 0) is 0 Å². The zero-order valence-electron chi connectivity index (χ0n) is 10.7. The van der Waals surface area contributed by atoms with Crippen LogP contribution in [0.5, 0.6) is 0 Å². The van der Waals surface area contributed by atoms with Gasteiger partial charge in [0.15, 0.2) is 0 Å². The minimum atomic E-state index is -1.03. The molecule has 0 aliphatic heterocycles. The maximum Gasteiger partial charge on any atom is 0.335 e. The summed E-state index contributed by atoms with van der Waals surface area (Å²) in [6.07, 6.45) is 0. The number of hydrogen-bond donors (Lipinski definition) is 1. The highest BCUT2D eigenvalue weighted by Crippen LogP contribution is 2.34. The third-order valence-corrected chi connectivity index (χ3v) is 3.55. The van der Waals surface area contributed by atoms with E-state index in [4.69, 9.17) is 5.11 Å². The molecule has 0 atom stereocenters. The average molecular weight is 276 g/mol. The second kappa shape index (κ2) is 3.96. The number of fused-ring (bicyclic) bond motifs is 4. The van der Waals surface area contributed by atoms with Crippen molar-refractivity contribution in [2.75, 3.05) is 0 Å². The molecule has 0 radical (unpaired) electrons. The number of carboxylic acid groups (broad SMARTS) is 1. The molecule has 1 aliphatic carbocycles. The quantitative estimate of drug-likeness (QED) is 0.578. The molecule has 0 saturated carbocycles. The van der Waals surface area contributed by atoms with E-state index in [1.807, 2.05) is 12.1 Å². The van der Waals surface area contributed by atoms with E-state index in [1.54, 1.807) is 18.2 Å². The van der Waals surface area contributed by atoms with Crippen molar-refractivity contribution >= 4 is 22.8 Å². The Kier molecular flexibility index (Phi) is 2.21. The molecule has 0 fully saturated rings. The Morgan fingerprint density at radius 2 is 1.62 bits per heavy atom. The molecule has 21 heavy (non-hydrogen) atoms. The van der Waals surface area contributed by atoms with Gasteiger partial charge in [-0.1, -0.05) is 24.3 Å². The first-order valence-electron chi connectivity index (χ1n) is 6.34. The van der Waals surface area contributed by atoms with Crippen LogP contribution in [0.2, 0.25) is 0 Å². The van der Waals surface area contributed by atoms with Crippen molar-refractivity contribution in [3.63, 3.8) is 0 Å². The van der Waals surface area contributed by atoms with Crippen molar-refractivity contribution in [1.82, 2.24) is 9.97 Å². The predicted molar refractivity (Wildman–Crippen MR) is 75.4 cm³/mol. The molecule has 5 nitrogen and oxygen atoms in total. The molecule has 3 aromatic rings. The molecule has 0 spiro atoms. The number of benzene rings is 2. The third-order valence-electron chi connectivity index (χ3n) is 3.55. The standard InChI is InChI=1S/C16H8N2O3/c19-15-10-4-2-1-3-9(10)13-14(15)18-12-7-8(16(20)21)5-6-11(12)17-13/h1-7H,(H,20,21). The molecule has 100 valence electrons. The third kappa shape index (κ3) is 1.57. The number of aromatic carboxylic acids is 1. The van der Waals surface area contributed by atoms with E-state index in [0.29, 0.717) is 22.3 Å². The fourth-order valence-corrected chi connectivity index (χ4v) is 2.55. The van der Waals surface area contributed by atoms with Crippen LogP contribution in [-0.4, -0.2) is 26.8 Å². The summed E-state index contributed by atoms with van der Waals surface area (Å²) in [5.74, 6) is -1.20. The zero-order valence-corrected chi connectivity index (χ0v) is 10.7. The molecule has 0 bridgehead atoms. The number of aromatic nitrogens is 2. The molecule has 1 aliphatic rings. The van der Waals surface area contributed by atoms with Crippen LogP contribution in [0.15, 0.2) is 42.5 Å². The average Bonchev–Trinajstić information content (AvgIpc) is 2.78. The van der Waals surface area contributed by atoms with Crippen LogP contribution in [0.1, 0.15) is 26.4 Å². The maximum atomic E-state index is 12.3. The number of carbonyl (C=O) groups is 2.